The highest BCUT2D eigenvalue weighted by molar-refractivity contribution is 7.95. The maximum Gasteiger partial charge on any atom is 0.479 e. The summed E-state index contributed by atoms with van der Waals surface area (Å²) in [5.41, 5.74) is -4.84. The Balaban J connectivity index is 3.38. The lowest BCUT2D eigenvalue weighted by Gasteiger charge is -2.14. The van der Waals surface area contributed by atoms with Crippen molar-refractivity contribution in [2.24, 2.45) is 5.34 Å². The number of carbonyl (C=O) groups is 1. The van der Waals surface area contributed by atoms with Gasteiger partial charge < -0.3 is 9.02 Å². The van der Waals surface area contributed by atoms with Gasteiger partial charge in [-0.1, -0.05) is 11.6 Å². The monoisotopic (exact) mass is 329 g/mol. The molecule has 10 heteroatoms. The Kier molecular flexibility index (Phi) is 5.23. The number of hydrogen-bond donors (Lipinski definition) is 0. The first-order valence-electron chi connectivity index (χ1n) is 4.93. The van der Waals surface area contributed by atoms with Crippen LogP contribution >= 0.6 is 23.6 Å². The Morgan fingerprint density at radius 1 is 1.40 bits per heavy atom. The molecule has 1 aromatic rings. The van der Waals surface area contributed by atoms with Gasteiger partial charge in [-0.25, -0.2) is 0 Å². The van der Waals surface area contributed by atoms with E-state index in [9.17, 15) is 22.9 Å². The van der Waals surface area contributed by atoms with E-state index in [0.717, 1.165) is 13.0 Å². The number of alkyl halides is 3. The van der Waals surface area contributed by atoms with E-state index in [-0.39, 0.29) is 16.1 Å². The molecule has 0 saturated heterocycles. The SMILES string of the molecule is CC(=O)c1cc(Cl)c(C)c(ON=O)c1OSC(F)(F)F. The third-order valence-corrected chi connectivity index (χ3v) is 2.98. The topological polar surface area (TPSA) is 65.0 Å². The van der Waals surface area contributed by atoms with Gasteiger partial charge in [0.2, 0.25) is 5.75 Å². The molecule has 0 fully saturated rings. The van der Waals surface area contributed by atoms with Crippen molar-refractivity contribution in [3.63, 3.8) is 0 Å². The average Bonchev–Trinajstić information content (AvgIpc) is 2.32. The Hall–Kier alpha value is -1.48. The molecule has 0 spiro atoms. The van der Waals surface area contributed by atoms with E-state index in [1.807, 2.05) is 0 Å². The van der Waals surface area contributed by atoms with Gasteiger partial charge in [-0.2, -0.15) is 13.2 Å². The number of ketones is 1. The lowest BCUT2D eigenvalue weighted by atomic mass is 10.1. The fourth-order valence-corrected chi connectivity index (χ4v) is 1.82. The summed E-state index contributed by atoms with van der Waals surface area (Å²) < 4.78 is 41.0. The third-order valence-electron chi connectivity index (χ3n) is 2.15. The molecule has 0 aliphatic rings. The van der Waals surface area contributed by atoms with E-state index >= 15 is 0 Å². The van der Waals surface area contributed by atoms with Crippen molar-refractivity contribution in [2.75, 3.05) is 0 Å². The first-order valence-corrected chi connectivity index (χ1v) is 6.05. The van der Waals surface area contributed by atoms with Gasteiger partial charge in [0.1, 0.15) is 0 Å². The summed E-state index contributed by atoms with van der Waals surface area (Å²) in [5, 5.41) is 2.15. The van der Waals surface area contributed by atoms with Gasteiger partial charge in [0.15, 0.2) is 28.9 Å². The predicted molar refractivity (Wildman–Crippen MR) is 66.9 cm³/mol. The van der Waals surface area contributed by atoms with Gasteiger partial charge in [0.25, 0.3) is 0 Å². The first kappa shape index (κ1) is 16.6. The van der Waals surface area contributed by atoms with Crippen LogP contribution in [-0.4, -0.2) is 11.3 Å². The van der Waals surface area contributed by atoms with Crippen molar-refractivity contribution < 1.29 is 27.0 Å². The maximum absolute atomic E-state index is 12.2. The van der Waals surface area contributed by atoms with Gasteiger partial charge in [-0.3, -0.25) is 4.79 Å². The van der Waals surface area contributed by atoms with Gasteiger partial charge in [-0.05, 0) is 19.9 Å². The minimum atomic E-state index is -4.70. The Labute approximate surface area is 120 Å². The summed E-state index contributed by atoms with van der Waals surface area (Å²) in [6.07, 6.45) is 0. The van der Waals surface area contributed by atoms with Crippen LogP contribution in [0.3, 0.4) is 0 Å². The van der Waals surface area contributed by atoms with Crippen LogP contribution in [0.25, 0.3) is 0 Å². The van der Waals surface area contributed by atoms with Crippen LogP contribution in [0.15, 0.2) is 11.4 Å². The first-order chi connectivity index (χ1) is 9.17. The van der Waals surface area contributed by atoms with Crippen LogP contribution in [0.4, 0.5) is 13.2 Å². The van der Waals surface area contributed by atoms with Gasteiger partial charge in [0.05, 0.1) is 5.56 Å². The molecule has 5 nitrogen and oxygen atoms in total. The molecule has 0 unspecified atom stereocenters. The molecule has 110 valence electrons. The van der Waals surface area contributed by atoms with E-state index in [4.69, 9.17) is 11.6 Å². The Morgan fingerprint density at radius 2 is 2.00 bits per heavy atom. The largest absolute Gasteiger partial charge is 0.479 e. The second-order valence-electron chi connectivity index (χ2n) is 3.52. The second kappa shape index (κ2) is 6.31. The minimum absolute atomic E-state index is 0.0261. The lowest BCUT2D eigenvalue weighted by molar-refractivity contribution is -0.0370. The van der Waals surface area contributed by atoms with Crippen molar-refractivity contribution in [1.29, 1.82) is 0 Å². The Morgan fingerprint density at radius 3 is 2.45 bits per heavy atom. The number of benzene rings is 1. The molecule has 0 bridgehead atoms. The predicted octanol–water partition coefficient (Wildman–Crippen LogP) is 4.46. The maximum atomic E-state index is 12.2. The average molecular weight is 330 g/mol. The number of carbonyl (C=O) groups excluding carboxylic acids is 1. The third kappa shape index (κ3) is 4.01. The molecule has 0 aliphatic heterocycles. The zero-order chi connectivity index (χ0) is 15.5. The van der Waals surface area contributed by atoms with E-state index < -0.39 is 34.8 Å². The molecule has 0 aliphatic carbocycles. The fraction of sp³-hybridized carbons (Fsp3) is 0.300. The molecule has 0 N–H and O–H groups in total. The number of hydrogen-bond acceptors (Lipinski definition) is 6. The highest BCUT2D eigenvalue weighted by Gasteiger charge is 2.33. The fourth-order valence-electron chi connectivity index (χ4n) is 1.28. The van der Waals surface area contributed by atoms with Gasteiger partial charge >= 0.3 is 5.51 Å². The molecular weight excluding hydrogens is 323 g/mol. The second-order valence-corrected chi connectivity index (χ2v) is 4.73. The van der Waals surface area contributed by atoms with Crippen LogP contribution in [-0.2, 0) is 0 Å². The minimum Gasteiger partial charge on any atom is -0.412 e. The van der Waals surface area contributed by atoms with Crippen molar-refractivity contribution in [1.82, 2.24) is 0 Å². The molecule has 0 heterocycles. The summed E-state index contributed by atoms with van der Waals surface area (Å²) >= 11 is 4.95. The van der Waals surface area contributed by atoms with Crippen LogP contribution in [0.2, 0.25) is 5.02 Å². The summed E-state index contributed by atoms with van der Waals surface area (Å²) in [4.78, 5) is 25.9. The van der Waals surface area contributed by atoms with Crippen LogP contribution < -0.4 is 9.02 Å². The summed E-state index contributed by atoms with van der Waals surface area (Å²) in [6, 6.07) is 1.13. The smallest absolute Gasteiger partial charge is 0.412 e. The molecular formula is C10H7ClF3NO4S. The van der Waals surface area contributed by atoms with Crippen LogP contribution in [0, 0.1) is 11.8 Å². The Bertz CT molecular complexity index is 550. The number of Topliss-reactive ketones (excluding diaryl/α,β-unsaturated/α-hetero) is 1. The van der Waals surface area contributed by atoms with Crippen molar-refractivity contribution in [2.45, 2.75) is 19.4 Å². The summed E-state index contributed by atoms with van der Waals surface area (Å²) in [5.74, 6) is -1.60. The number of halogens is 4. The lowest BCUT2D eigenvalue weighted by Crippen LogP contribution is -2.07. The quantitative estimate of drug-likeness (QED) is 0.345. The summed E-state index contributed by atoms with van der Waals surface area (Å²) in [7, 11) is 0. The van der Waals surface area contributed by atoms with E-state index in [1.54, 1.807) is 0 Å². The zero-order valence-electron chi connectivity index (χ0n) is 10.1. The standard InChI is InChI=1S/C10H7ClF3NO4S/c1-4-7(11)3-6(5(2)16)9(8(4)18-15-17)19-20-10(12,13)14/h3H,1-2H3. The molecule has 0 amide bonds. The van der Waals surface area contributed by atoms with Crippen molar-refractivity contribution in [3.05, 3.63) is 27.1 Å². The van der Waals surface area contributed by atoms with Crippen molar-refractivity contribution in [3.8, 4) is 11.5 Å². The van der Waals surface area contributed by atoms with Crippen LogP contribution in [0.1, 0.15) is 22.8 Å². The molecule has 1 rings (SSSR count). The van der Waals surface area contributed by atoms with E-state index in [1.165, 1.54) is 6.92 Å². The molecule has 0 atom stereocenters. The van der Waals surface area contributed by atoms with Crippen molar-refractivity contribution >= 4 is 29.4 Å². The number of nitrogens with zero attached hydrogens (tertiary/aromatic N) is 1. The molecule has 0 aromatic heterocycles. The zero-order valence-corrected chi connectivity index (χ0v) is 11.7. The molecule has 1 aromatic carbocycles. The van der Waals surface area contributed by atoms with Gasteiger partial charge in [0, 0.05) is 10.6 Å². The normalized spacial score (nSPS) is 11.1. The number of rotatable bonds is 5. The molecule has 0 radical (unpaired) electrons. The van der Waals surface area contributed by atoms with Crippen LogP contribution in [0.5, 0.6) is 11.5 Å². The van der Waals surface area contributed by atoms with Gasteiger partial charge in [-0.15, -0.1) is 4.91 Å². The van der Waals surface area contributed by atoms with E-state index in [2.05, 4.69) is 14.4 Å². The molecule has 0 saturated carbocycles. The summed E-state index contributed by atoms with van der Waals surface area (Å²) in [6.45, 7) is 2.47. The molecule has 20 heavy (non-hydrogen) atoms. The van der Waals surface area contributed by atoms with E-state index in [0.29, 0.717) is 0 Å². The highest BCUT2D eigenvalue weighted by atomic mass is 35.5. The highest BCUT2D eigenvalue weighted by Crippen LogP contribution is 2.43.